The molecule has 0 aliphatic heterocycles. The van der Waals surface area contributed by atoms with E-state index in [4.69, 9.17) is 0 Å². The van der Waals surface area contributed by atoms with Gasteiger partial charge in [-0.25, -0.2) is 0 Å². The summed E-state index contributed by atoms with van der Waals surface area (Å²) >= 11 is 0. The van der Waals surface area contributed by atoms with E-state index in [1.165, 1.54) is 48.5 Å². The topological polar surface area (TPSA) is 19.7 Å². The van der Waals surface area contributed by atoms with Gasteiger partial charge in [0.05, 0.1) is 88.6 Å². The number of aromatic nitrogens is 4. The third-order valence-electron chi connectivity index (χ3n) is 26.2. The fourth-order valence-corrected chi connectivity index (χ4v) is 19.9. The molecule has 28 heteroatoms. The molecular weight excluding hydrogens is 1860 g/mol. The summed E-state index contributed by atoms with van der Waals surface area (Å²) < 4.78 is 346. The van der Waals surface area contributed by atoms with Crippen molar-refractivity contribution < 1.29 is 105 Å². The lowest BCUT2D eigenvalue weighted by Crippen LogP contribution is -2.04. The zero-order chi connectivity index (χ0) is 98.8. The van der Waals surface area contributed by atoms with E-state index < -0.39 is 93.9 Å². The smallest absolute Gasteiger partial charge is 0.309 e. The van der Waals surface area contributed by atoms with Gasteiger partial charge in [-0.15, -0.1) is 0 Å². The minimum Gasteiger partial charge on any atom is -0.309 e. The molecule has 0 N–H and O–H groups in total. The molecule has 140 heavy (non-hydrogen) atoms. The summed E-state index contributed by atoms with van der Waals surface area (Å²) in [6, 6.07) is 76.5. The van der Waals surface area contributed by atoms with Gasteiger partial charge in [0.25, 0.3) is 0 Å². The van der Waals surface area contributed by atoms with E-state index in [0.29, 0.717) is 88.1 Å². The average molecular weight is 1920 g/mol. The molecular formula is C112H64F24N4. The highest BCUT2D eigenvalue weighted by Gasteiger charge is 2.40. The SMILES string of the molecule is Cc1ccc(-c2c3ccc(-n4c5ccc(C(F)(F)F)cc5c5cc(C(F)(F)F)ccc54)cc3c(-c3ccc(C)cc3)c3ccc(-n4c5ccc(C(F)(F)F)cc5c5cc(C(F)(F)F)ccc54)cc23)cc1.Cc1cccc(-c2c3ccc(-n4c5ccc(C(F)(F)F)cc5c5cc(C(F)(F)F)ccc54)cc3c(-c3cccc(C)c3)c3ccc(-n4c5ccc(C(F)(F)F)cc5c5cc(C(F)(F)F)ccc54)cc23)c1. The van der Waals surface area contributed by atoms with Crippen LogP contribution in [-0.4, -0.2) is 18.3 Å². The van der Waals surface area contributed by atoms with Gasteiger partial charge in [-0.1, -0.05) is 144 Å². The number of hydrogen-bond acceptors (Lipinski definition) is 0. The molecule has 0 saturated carbocycles. The van der Waals surface area contributed by atoms with Crippen LogP contribution in [0.1, 0.15) is 66.8 Å². The van der Waals surface area contributed by atoms with E-state index in [-0.39, 0.29) is 87.2 Å². The Morgan fingerprint density at radius 2 is 0.321 bits per heavy atom. The Balaban J connectivity index is 0.000000166. The van der Waals surface area contributed by atoms with E-state index in [2.05, 4.69) is 0 Å². The second kappa shape index (κ2) is 32.1. The first-order valence-corrected chi connectivity index (χ1v) is 43.4. The standard InChI is InChI=1S/2C56H32F12N2/c1-29-3-7-31(8-4-29)51-39-17-15-38(70-49-21-13-35(55(63,64)65)25-43(49)44-26-36(56(66,67)68)14-22-50(44)70)28-46(39)52(32-9-5-30(2)6-10-32)40-18-16-37(27-45(40)51)69-47-19-11-33(53(57,58)59)23-41(47)42-24-34(54(60,61)62)12-20-48(42)69;1-29-5-3-7-31(21-29)51-39-15-13-38(70-49-19-11-35(55(63,64)65)25-43(49)44-26-36(56(66,67)68)12-20-50(44)70)28-46(39)52(32-8-4-6-30(2)22-32)40-16-14-37(27-45(40)51)69-47-17-9-33(53(57,58)59)23-41(47)42-24-34(54(60,61)62)10-18-48(42)69/h2*3-28H,1-2H3. The fourth-order valence-electron chi connectivity index (χ4n) is 19.9. The Hall–Kier alpha value is -15.5. The third-order valence-corrected chi connectivity index (χ3v) is 26.2. The summed E-state index contributed by atoms with van der Waals surface area (Å²) in [6.07, 6.45) is -38.2. The molecule has 22 rings (SSSR count). The Morgan fingerprint density at radius 3 is 0.493 bits per heavy atom. The second-order valence-corrected chi connectivity index (χ2v) is 35.1. The van der Waals surface area contributed by atoms with Crippen molar-refractivity contribution >= 4 is 130 Å². The normalized spacial score (nSPS) is 13.0. The highest BCUT2D eigenvalue weighted by atomic mass is 19.4. The number of alkyl halides is 24. The maximum absolute atomic E-state index is 14.1. The molecule has 700 valence electrons. The van der Waals surface area contributed by atoms with Crippen molar-refractivity contribution in [3.8, 4) is 67.3 Å². The number of aryl methyl sites for hydroxylation is 4. The lowest BCUT2D eigenvalue weighted by molar-refractivity contribution is -0.138. The molecule has 0 amide bonds. The molecule has 0 aliphatic rings. The molecule has 4 nitrogen and oxygen atoms in total. The lowest BCUT2D eigenvalue weighted by atomic mass is 9.85. The second-order valence-electron chi connectivity index (χ2n) is 35.1. The maximum atomic E-state index is 14.1. The Labute approximate surface area is 776 Å². The van der Waals surface area contributed by atoms with Crippen LogP contribution in [0.3, 0.4) is 0 Å². The van der Waals surface area contributed by atoms with Crippen LogP contribution in [0.15, 0.2) is 315 Å². The van der Waals surface area contributed by atoms with E-state index in [1.54, 1.807) is 42.5 Å². The fraction of sp³-hybridized carbons (Fsp3) is 0.107. The summed E-state index contributed by atoms with van der Waals surface area (Å²) in [7, 11) is 0. The maximum Gasteiger partial charge on any atom is 0.416 e. The van der Waals surface area contributed by atoms with Gasteiger partial charge in [0.2, 0.25) is 0 Å². The zero-order valence-corrected chi connectivity index (χ0v) is 72.9. The average Bonchev–Trinajstić information content (AvgIpc) is 1.46. The van der Waals surface area contributed by atoms with Gasteiger partial charge in [-0.2, -0.15) is 105 Å². The van der Waals surface area contributed by atoms with Gasteiger partial charge in [-0.05, 0) is 309 Å². The summed E-state index contributed by atoms with van der Waals surface area (Å²) in [5, 5.41) is 5.20. The Kier molecular flexibility index (Phi) is 20.8. The highest BCUT2D eigenvalue weighted by Crippen LogP contribution is 2.54. The number of halogens is 24. The van der Waals surface area contributed by atoms with E-state index in [9.17, 15) is 105 Å². The number of rotatable bonds is 8. The first-order chi connectivity index (χ1) is 66.1. The molecule has 0 unspecified atom stereocenters. The van der Waals surface area contributed by atoms with Crippen LogP contribution < -0.4 is 0 Å². The number of fused-ring (bicyclic) bond motifs is 16. The lowest BCUT2D eigenvalue weighted by Gasteiger charge is -2.21. The van der Waals surface area contributed by atoms with Gasteiger partial charge in [0.1, 0.15) is 0 Å². The minimum absolute atomic E-state index is 0.0317. The van der Waals surface area contributed by atoms with Gasteiger partial charge < -0.3 is 18.3 Å². The molecule has 0 bridgehead atoms. The van der Waals surface area contributed by atoms with Gasteiger partial charge in [0.15, 0.2) is 0 Å². The molecule has 4 heterocycles. The quantitative estimate of drug-likeness (QED) is 0.107. The molecule has 0 aliphatic carbocycles. The van der Waals surface area contributed by atoms with Crippen molar-refractivity contribution in [3.63, 3.8) is 0 Å². The highest BCUT2D eigenvalue weighted by molar-refractivity contribution is 6.25. The number of benzene rings is 18. The molecule has 4 aromatic heterocycles. The van der Waals surface area contributed by atoms with Crippen molar-refractivity contribution in [3.05, 3.63) is 382 Å². The molecule has 0 fully saturated rings. The summed E-state index contributed by atoms with van der Waals surface area (Å²) in [5.41, 5.74) is 5.02. The molecule has 0 spiro atoms. The third kappa shape index (κ3) is 15.6. The van der Waals surface area contributed by atoms with Gasteiger partial charge in [-0.3, -0.25) is 0 Å². The van der Waals surface area contributed by atoms with E-state index >= 15 is 0 Å². The zero-order valence-electron chi connectivity index (χ0n) is 72.9. The molecule has 0 saturated heterocycles. The number of nitrogens with zero attached hydrogens (tertiary/aromatic N) is 4. The largest absolute Gasteiger partial charge is 0.416 e. The van der Waals surface area contributed by atoms with Crippen molar-refractivity contribution in [2.45, 2.75) is 77.1 Å². The van der Waals surface area contributed by atoms with Gasteiger partial charge >= 0.3 is 49.4 Å². The first-order valence-electron chi connectivity index (χ1n) is 43.4. The van der Waals surface area contributed by atoms with Crippen LogP contribution in [0.25, 0.3) is 198 Å². The van der Waals surface area contributed by atoms with Crippen molar-refractivity contribution in [1.82, 2.24) is 18.3 Å². The molecule has 22 aromatic rings. The summed E-state index contributed by atoms with van der Waals surface area (Å²) in [6.45, 7) is 7.67. The summed E-state index contributed by atoms with van der Waals surface area (Å²) in [4.78, 5) is 0. The van der Waals surface area contributed by atoms with Crippen LogP contribution in [0, 0.1) is 27.7 Å². The molecule has 0 radical (unpaired) electrons. The summed E-state index contributed by atoms with van der Waals surface area (Å²) in [5.74, 6) is 0. The van der Waals surface area contributed by atoms with Crippen LogP contribution in [-0.2, 0) is 49.4 Å². The Morgan fingerprint density at radius 1 is 0.143 bits per heavy atom. The molecule has 18 aromatic carbocycles. The Bertz CT molecular complexity index is 8150. The van der Waals surface area contributed by atoms with Crippen molar-refractivity contribution in [2.75, 3.05) is 0 Å². The van der Waals surface area contributed by atoms with Crippen LogP contribution in [0.2, 0.25) is 0 Å². The number of hydrogen-bond donors (Lipinski definition) is 0. The van der Waals surface area contributed by atoms with Crippen molar-refractivity contribution in [2.24, 2.45) is 0 Å². The van der Waals surface area contributed by atoms with E-state index in [0.717, 1.165) is 142 Å². The predicted octanol–water partition coefficient (Wildman–Crippen LogP) is 36.4. The predicted molar refractivity (Wildman–Crippen MR) is 501 cm³/mol. The minimum atomic E-state index is -4.78. The van der Waals surface area contributed by atoms with Gasteiger partial charge in [0, 0.05) is 65.8 Å². The monoisotopic (exact) mass is 1920 g/mol. The van der Waals surface area contributed by atoms with E-state index in [1.807, 2.05) is 173 Å². The molecule has 0 atom stereocenters. The van der Waals surface area contributed by atoms with Crippen LogP contribution in [0.4, 0.5) is 105 Å². The van der Waals surface area contributed by atoms with Crippen LogP contribution in [0.5, 0.6) is 0 Å². The van der Waals surface area contributed by atoms with Crippen LogP contribution >= 0.6 is 0 Å². The first kappa shape index (κ1) is 91.0. The van der Waals surface area contributed by atoms with Crippen molar-refractivity contribution in [1.29, 1.82) is 0 Å².